The van der Waals surface area contributed by atoms with Crippen LogP contribution < -0.4 is 26.6 Å². The average molecular weight is 1130 g/mol. The Morgan fingerprint density at radius 2 is 1.50 bits per heavy atom. The van der Waals surface area contributed by atoms with Gasteiger partial charge in [-0.15, -0.1) is 0 Å². The number of esters is 1. The number of fused-ring (bicyclic) bond motifs is 3. The Balaban J connectivity index is 0.726. The van der Waals surface area contributed by atoms with E-state index in [9.17, 15) is 39.0 Å². The summed E-state index contributed by atoms with van der Waals surface area (Å²) in [6.07, 6.45) is 9.38. The van der Waals surface area contributed by atoms with Crippen LogP contribution in [0.3, 0.4) is 0 Å². The first-order valence-electron chi connectivity index (χ1n) is 29.2. The molecule has 1 saturated carbocycles. The molecule has 0 bridgehead atoms. The van der Waals surface area contributed by atoms with Gasteiger partial charge in [0.2, 0.25) is 23.6 Å². The highest BCUT2D eigenvalue weighted by Gasteiger charge is 2.58. The van der Waals surface area contributed by atoms with Gasteiger partial charge in [0.15, 0.2) is 0 Å². The van der Waals surface area contributed by atoms with Crippen LogP contribution in [0.5, 0.6) is 0 Å². The number of allylic oxidation sites excluding steroid dienone is 2. The molecule has 3 aromatic carbocycles. The van der Waals surface area contributed by atoms with Crippen molar-refractivity contribution in [3.8, 4) is 11.1 Å². The number of aliphatic hydroxyl groups is 2. The van der Waals surface area contributed by atoms with Gasteiger partial charge in [-0.25, -0.2) is 4.79 Å². The summed E-state index contributed by atoms with van der Waals surface area (Å²) in [6.45, 7) is 13.3. The van der Waals surface area contributed by atoms with Gasteiger partial charge in [0, 0.05) is 36.6 Å². The van der Waals surface area contributed by atoms with Gasteiger partial charge in [0.05, 0.1) is 43.5 Å². The molecular weight excluding hydrogens is 1050 g/mol. The topological polar surface area (TPSA) is 252 Å². The number of hydrogen-bond acceptors (Lipinski definition) is 13. The lowest BCUT2D eigenvalue weighted by Gasteiger charge is -2.39. The molecule has 5 amide bonds. The second kappa shape index (κ2) is 28.0. The number of carbonyl (C=O) groups is 6. The SMILES string of the molecule is CC(C=C[C@H]1O[C@H](CC(=O)N[C@H]2CC[C@H](OC(=O)CCc3ccccc3NC(=O)[C@H](C)NC(=O)[C@@H](NC(=O)OCC3c4ccccc4-c4ccccc43)C(C)C)CC2)C[C@@]2(CO2)[C@@H]1O)=CC[C@@H]1O[C@H](C)[C@H](NC(=O)C=C[C@H](C)O)C[C@@H]1C. The number of benzene rings is 3. The first-order chi connectivity index (χ1) is 39.2. The van der Waals surface area contributed by atoms with E-state index in [1.807, 2.05) is 74.5 Å². The van der Waals surface area contributed by atoms with E-state index in [0.29, 0.717) is 62.8 Å². The molecule has 3 aromatic rings. The minimum absolute atomic E-state index is 0.0411. The molecule has 1 spiro atoms. The lowest BCUT2D eigenvalue weighted by molar-refractivity contribution is -0.151. The highest BCUT2D eigenvalue weighted by Crippen LogP contribution is 2.45. The third-order valence-corrected chi connectivity index (χ3v) is 16.5. The fourth-order valence-electron chi connectivity index (χ4n) is 11.7. The van der Waals surface area contributed by atoms with Gasteiger partial charge in [0.1, 0.15) is 42.6 Å². The Kier molecular flexibility index (Phi) is 21.0. The van der Waals surface area contributed by atoms with Gasteiger partial charge in [-0.05, 0) is 118 Å². The highest BCUT2D eigenvalue weighted by atomic mass is 16.6. The Morgan fingerprint density at radius 3 is 2.17 bits per heavy atom. The van der Waals surface area contributed by atoms with E-state index in [1.54, 1.807) is 39.8 Å². The van der Waals surface area contributed by atoms with Crippen molar-refractivity contribution in [1.82, 2.24) is 21.3 Å². The zero-order valence-electron chi connectivity index (χ0n) is 48.3. The number of alkyl carbamates (subject to hydrolysis) is 1. The number of para-hydroxylation sites is 1. The standard InChI is InChI=1S/C64H83N5O13/c1-37(2)59(69-63(77)78-35-51-49-17-11-9-15-47(49)48-16-10-12-18-50(48)51)62(76)65-41(6)61(75)68-52-19-13-8-14-43(52)23-31-58(73)82-45-26-24-44(25-27-45)66-57(72)33-46-34-64(36-79-64)60(74)55(81-46)29-21-38(3)20-28-54-39(4)32-53(42(7)80-54)67-56(71)30-22-40(5)70/h8-22,29-30,37,39-42,44-46,51,53-55,59-60,70,74H,23-28,31-36H2,1-7H3,(H,65,76)(H,66,72)(H,67,71)(H,68,75)(H,69,77)/t39-,40-,41-,42+,44-,45-,46+,53+,54-,55+,59-,60+,64+/m0/s1. The number of aryl methyl sites for hydroxylation is 1. The molecule has 4 fully saturated rings. The van der Waals surface area contributed by atoms with E-state index in [0.717, 1.165) is 34.2 Å². The van der Waals surface area contributed by atoms with E-state index >= 15 is 0 Å². The van der Waals surface area contributed by atoms with Crippen LogP contribution in [-0.2, 0) is 54.1 Å². The van der Waals surface area contributed by atoms with Crippen LogP contribution in [0, 0.1) is 11.8 Å². The summed E-state index contributed by atoms with van der Waals surface area (Å²) in [5.74, 6) is -2.08. The number of anilines is 1. The lowest BCUT2D eigenvalue weighted by Crippen LogP contribution is -2.53. The summed E-state index contributed by atoms with van der Waals surface area (Å²) >= 11 is 0. The Morgan fingerprint density at radius 1 is 0.829 bits per heavy atom. The molecule has 18 nitrogen and oxygen atoms in total. The summed E-state index contributed by atoms with van der Waals surface area (Å²) in [4.78, 5) is 79.1. The van der Waals surface area contributed by atoms with Crippen molar-refractivity contribution in [1.29, 1.82) is 0 Å². The lowest BCUT2D eigenvalue weighted by atomic mass is 9.87. The number of rotatable bonds is 22. The fraction of sp³-hybridized carbons (Fsp3) is 0.531. The van der Waals surface area contributed by atoms with Crippen molar-refractivity contribution in [2.24, 2.45) is 11.8 Å². The number of amides is 5. The molecular formula is C64H83N5O13. The van der Waals surface area contributed by atoms with Crippen LogP contribution in [0.1, 0.15) is 129 Å². The van der Waals surface area contributed by atoms with Crippen molar-refractivity contribution in [3.63, 3.8) is 0 Å². The predicted octanol–water partition coefficient (Wildman–Crippen LogP) is 7.40. The third-order valence-electron chi connectivity index (χ3n) is 16.5. The molecule has 0 unspecified atom stereocenters. The van der Waals surface area contributed by atoms with Gasteiger partial charge in [-0.2, -0.15) is 0 Å². The zero-order chi connectivity index (χ0) is 58.7. The van der Waals surface area contributed by atoms with Crippen LogP contribution in [0.15, 0.2) is 109 Å². The second-order valence-corrected chi connectivity index (χ2v) is 23.4. The maximum atomic E-state index is 13.5. The molecule has 0 radical (unpaired) electrons. The smallest absolute Gasteiger partial charge is 0.407 e. The van der Waals surface area contributed by atoms with Crippen LogP contribution in [0.2, 0.25) is 0 Å². The minimum Gasteiger partial charge on any atom is -0.462 e. The predicted molar refractivity (Wildman–Crippen MR) is 309 cm³/mol. The fourth-order valence-corrected chi connectivity index (χ4v) is 11.7. The molecule has 0 aromatic heterocycles. The molecule has 11 atom stereocenters. The van der Waals surface area contributed by atoms with Crippen LogP contribution in [0.4, 0.5) is 10.5 Å². The van der Waals surface area contributed by atoms with E-state index in [1.165, 1.54) is 12.2 Å². The van der Waals surface area contributed by atoms with E-state index in [2.05, 4.69) is 51.7 Å². The minimum atomic E-state index is -0.972. The quantitative estimate of drug-likeness (QED) is 0.0224. The van der Waals surface area contributed by atoms with Gasteiger partial charge in [-0.3, -0.25) is 24.0 Å². The van der Waals surface area contributed by atoms with E-state index < -0.39 is 60.0 Å². The number of carbonyl (C=O) groups excluding carboxylic acids is 6. The van der Waals surface area contributed by atoms with Crippen molar-refractivity contribution in [2.75, 3.05) is 18.5 Å². The largest absolute Gasteiger partial charge is 0.462 e. The maximum Gasteiger partial charge on any atom is 0.407 e. The van der Waals surface area contributed by atoms with Gasteiger partial charge in [-0.1, -0.05) is 117 Å². The molecule has 7 N–H and O–H groups in total. The van der Waals surface area contributed by atoms with Crippen molar-refractivity contribution < 1.29 is 62.7 Å². The average Bonchev–Trinajstić information content (AvgIpc) is 3.00. The molecule has 18 heteroatoms. The van der Waals surface area contributed by atoms with Crippen LogP contribution >= 0.6 is 0 Å². The molecule has 3 aliphatic heterocycles. The van der Waals surface area contributed by atoms with Gasteiger partial charge >= 0.3 is 12.1 Å². The number of ether oxygens (including phenoxy) is 5. The summed E-state index contributed by atoms with van der Waals surface area (Å²) in [7, 11) is 0. The molecule has 442 valence electrons. The first-order valence-corrected chi connectivity index (χ1v) is 29.2. The van der Waals surface area contributed by atoms with Crippen LogP contribution in [0.25, 0.3) is 11.1 Å². The molecule has 5 aliphatic rings. The second-order valence-electron chi connectivity index (χ2n) is 23.4. The third kappa shape index (κ3) is 16.3. The number of nitrogens with one attached hydrogen (secondary N) is 5. The van der Waals surface area contributed by atoms with Gasteiger partial charge in [0.25, 0.3) is 0 Å². The Bertz CT molecular complexity index is 2790. The number of aliphatic hydroxyl groups excluding tert-OH is 2. The van der Waals surface area contributed by atoms with E-state index in [-0.39, 0.29) is 85.4 Å². The molecule has 8 rings (SSSR count). The summed E-state index contributed by atoms with van der Waals surface area (Å²) < 4.78 is 30.0. The Labute approximate surface area is 481 Å². The van der Waals surface area contributed by atoms with Crippen molar-refractivity contribution in [3.05, 3.63) is 125 Å². The first kappa shape index (κ1) is 61.4. The Hall–Kier alpha value is -6.70. The van der Waals surface area contributed by atoms with Gasteiger partial charge < -0.3 is 60.5 Å². The molecule has 82 heavy (non-hydrogen) atoms. The normalized spacial score (nSPS) is 27.2. The zero-order valence-corrected chi connectivity index (χ0v) is 48.3. The number of epoxide rings is 1. The van der Waals surface area contributed by atoms with Crippen molar-refractivity contribution >= 4 is 41.4 Å². The molecule has 3 heterocycles. The summed E-state index contributed by atoms with van der Waals surface area (Å²) in [6, 6.07) is 21.0. The summed E-state index contributed by atoms with van der Waals surface area (Å²) in [5.41, 5.74) is 5.78. The number of hydrogen-bond donors (Lipinski definition) is 7. The maximum absolute atomic E-state index is 13.5. The molecule has 3 saturated heterocycles. The van der Waals surface area contributed by atoms with Crippen molar-refractivity contribution in [2.45, 2.75) is 191 Å². The van der Waals surface area contributed by atoms with Crippen LogP contribution in [-0.4, -0.2) is 132 Å². The monoisotopic (exact) mass is 1130 g/mol. The highest BCUT2D eigenvalue weighted by molar-refractivity contribution is 5.98. The van der Waals surface area contributed by atoms with E-state index in [4.69, 9.17) is 23.7 Å². The molecule has 2 aliphatic carbocycles. The summed E-state index contributed by atoms with van der Waals surface area (Å²) in [5, 5.41) is 35.2.